The lowest BCUT2D eigenvalue weighted by Gasteiger charge is -2.15. The molecular weight excluding hydrogens is 272 g/mol. The fourth-order valence-electron chi connectivity index (χ4n) is 2.27. The van der Waals surface area contributed by atoms with Crippen LogP contribution in [0.2, 0.25) is 0 Å². The van der Waals surface area contributed by atoms with Gasteiger partial charge < -0.3 is 10.4 Å². The monoisotopic (exact) mass is 292 g/mol. The van der Waals surface area contributed by atoms with Gasteiger partial charge in [-0.1, -0.05) is 13.3 Å². The Morgan fingerprint density at radius 3 is 3.05 bits per heavy atom. The van der Waals surface area contributed by atoms with E-state index in [0.29, 0.717) is 18.0 Å². The molecule has 0 saturated heterocycles. The van der Waals surface area contributed by atoms with Crippen molar-refractivity contribution in [3.05, 3.63) is 29.3 Å². The van der Waals surface area contributed by atoms with Crippen molar-refractivity contribution in [1.82, 2.24) is 10.3 Å². The smallest absolute Gasteiger partial charge is 0.251 e. The van der Waals surface area contributed by atoms with E-state index in [9.17, 15) is 4.79 Å². The van der Waals surface area contributed by atoms with Crippen LogP contribution in [0, 0.1) is 5.92 Å². The number of carbonyl (C=O) groups excluding carboxylic acids is 1. The van der Waals surface area contributed by atoms with Gasteiger partial charge in [-0.25, -0.2) is 4.98 Å². The Hall–Kier alpha value is -1.46. The van der Waals surface area contributed by atoms with Crippen LogP contribution in [0.4, 0.5) is 0 Å². The van der Waals surface area contributed by atoms with Gasteiger partial charge in [0.1, 0.15) is 0 Å². The van der Waals surface area contributed by atoms with E-state index in [0.717, 1.165) is 29.5 Å². The molecule has 0 bridgehead atoms. The van der Waals surface area contributed by atoms with E-state index in [1.165, 1.54) is 11.3 Å². The summed E-state index contributed by atoms with van der Waals surface area (Å²) in [6.07, 6.45) is 2.82. The lowest BCUT2D eigenvalue weighted by atomic mass is 10.00. The highest BCUT2D eigenvalue weighted by molar-refractivity contribution is 7.16. The molecule has 1 heterocycles. The molecule has 1 aromatic carbocycles. The van der Waals surface area contributed by atoms with Crippen LogP contribution in [0.1, 0.15) is 36.5 Å². The molecule has 2 N–H and O–H groups in total. The summed E-state index contributed by atoms with van der Waals surface area (Å²) in [6, 6.07) is 5.56. The molecule has 108 valence electrons. The third-order valence-electron chi connectivity index (χ3n) is 3.38. The predicted octanol–water partition coefficient (Wildman–Crippen LogP) is 2.82. The molecule has 0 radical (unpaired) electrons. The fourth-order valence-corrected chi connectivity index (χ4v) is 2.99. The quantitative estimate of drug-likeness (QED) is 0.825. The number of nitrogens with one attached hydrogen (secondary N) is 1. The van der Waals surface area contributed by atoms with Crippen molar-refractivity contribution in [2.24, 2.45) is 5.92 Å². The summed E-state index contributed by atoms with van der Waals surface area (Å²) in [6.45, 7) is 2.91. The fraction of sp³-hybridized carbons (Fsp3) is 0.467. The van der Waals surface area contributed by atoms with E-state index in [1.54, 1.807) is 11.6 Å². The summed E-state index contributed by atoms with van der Waals surface area (Å²) < 4.78 is 1.03. The average Bonchev–Trinajstić information content (AvgIpc) is 2.92. The van der Waals surface area contributed by atoms with E-state index in [2.05, 4.69) is 17.2 Å². The molecule has 0 saturated carbocycles. The summed E-state index contributed by atoms with van der Waals surface area (Å²) in [5.41, 5.74) is 3.38. The number of aromatic nitrogens is 1. The Morgan fingerprint density at radius 1 is 1.45 bits per heavy atom. The van der Waals surface area contributed by atoms with Crippen LogP contribution in [-0.4, -0.2) is 29.1 Å². The van der Waals surface area contributed by atoms with Gasteiger partial charge in [-0.05, 0) is 37.0 Å². The first-order chi connectivity index (χ1) is 9.74. The van der Waals surface area contributed by atoms with Gasteiger partial charge in [0.25, 0.3) is 5.91 Å². The number of hydrogen-bond acceptors (Lipinski definition) is 4. The molecule has 0 aliphatic heterocycles. The van der Waals surface area contributed by atoms with Crippen molar-refractivity contribution in [3.8, 4) is 0 Å². The zero-order chi connectivity index (χ0) is 14.4. The summed E-state index contributed by atoms with van der Waals surface area (Å²) >= 11 is 1.54. The highest BCUT2D eigenvalue weighted by Crippen LogP contribution is 2.19. The number of thiazole rings is 1. The number of fused-ring (bicyclic) bond motifs is 1. The molecule has 1 amide bonds. The molecular formula is C15H20N2O2S. The van der Waals surface area contributed by atoms with Gasteiger partial charge in [0, 0.05) is 18.7 Å². The van der Waals surface area contributed by atoms with E-state index in [-0.39, 0.29) is 12.5 Å². The molecule has 1 unspecified atom stereocenters. The molecule has 20 heavy (non-hydrogen) atoms. The Labute approximate surface area is 122 Å². The number of carbonyl (C=O) groups is 1. The van der Waals surface area contributed by atoms with E-state index < -0.39 is 0 Å². The Balaban J connectivity index is 1.96. The SMILES string of the molecule is CCCC(CCO)CNC(=O)c1ccc2ncsc2c1. The van der Waals surface area contributed by atoms with Gasteiger partial charge in [0.2, 0.25) is 0 Å². The first-order valence-electron chi connectivity index (χ1n) is 6.97. The molecule has 0 aliphatic rings. The van der Waals surface area contributed by atoms with Gasteiger partial charge in [-0.15, -0.1) is 11.3 Å². The lowest BCUT2D eigenvalue weighted by Crippen LogP contribution is -2.29. The highest BCUT2D eigenvalue weighted by Gasteiger charge is 2.11. The molecule has 0 aliphatic carbocycles. The summed E-state index contributed by atoms with van der Waals surface area (Å²) in [5, 5.41) is 12.0. The topological polar surface area (TPSA) is 62.2 Å². The second kappa shape index (κ2) is 7.36. The zero-order valence-corrected chi connectivity index (χ0v) is 12.4. The molecule has 1 atom stereocenters. The third-order valence-corrected chi connectivity index (χ3v) is 4.17. The van der Waals surface area contributed by atoms with Gasteiger partial charge >= 0.3 is 0 Å². The molecule has 1 aromatic heterocycles. The first-order valence-corrected chi connectivity index (χ1v) is 7.85. The van der Waals surface area contributed by atoms with E-state index >= 15 is 0 Å². The second-order valence-corrected chi connectivity index (χ2v) is 5.80. The maximum Gasteiger partial charge on any atom is 0.251 e. The van der Waals surface area contributed by atoms with Crippen LogP contribution >= 0.6 is 11.3 Å². The number of benzene rings is 1. The van der Waals surface area contributed by atoms with Crippen molar-refractivity contribution in [3.63, 3.8) is 0 Å². The Bertz CT molecular complexity index is 562. The van der Waals surface area contributed by atoms with Crippen molar-refractivity contribution >= 4 is 27.5 Å². The average molecular weight is 292 g/mol. The van der Waals surface area contributed by atoms with Crippen molar-refractivity contribution in [2.75, 3.05) is 13.2 Å². The summed E-state index contributed by atoms with van der Waals surface area (Å²) in [5.74, 6) is 0.292. The number of rotatable bonds is 7. The molecule has 5 heteroatoms. The normalized spacial score (nSPS) is 12.5. The minimum atomic E-state index is -0.0562. The maximum atomic E-state index is 12.1. The Morgan fingerprint density at radius 2 is 2.30 bits per heavy atom. The minimum Gasteiger partial charge on any atom is -0.396 e. The number of aliphatic hydroxyl groups excluding tert-OH is 1. The van der Waals surface area contributed by atoms with Crippen LogP contribution in [0.5, 0.6) is 0 Å². The van der Waals surface area contributed by atoms with Crippen LogP contribution in [0.15, 0.2) is 23.7 Å². The maximum absolute atomic E-state index is 12.1. The van der Waals surface area contributed by atoms with Gasteiger partial charge in [-0.2, -0.15) is 0 Å². The summed E-state index contributed by atoms with van der Waals surface area (Å²) in [7, 11) is 0. The standard InChI is InChI=1S/C15H20N2O2S/c1-2-3-11(6-7-18)9-16-15(19)12-4-5-13-14(8-12)20-10-17-13/h4-5,8,10-11,18H,2-3,6-7,9H2,1H3,(H,16,19). The van der Waals surface area contributed by atoms with Crippen LogP contribution in [0.25, 0.3) is 10.2 Å². The van der Waals surface area contributed by atoms with E-state index in [4.69, 9.17) is 5.11 Å². The molecule has 2 aromatic rings. The van der Waals surface area contributed by atoms with Crippen LogP contribution in [-0.2, 0) is 0 Å². The lowest BCUT2D eigenvalue weighted by molar-refractivity contribution is 0.0943. The third kappa shape index (κ3) is 3.77. The van der Waals surface area contributed by atoms with Crippen LogP contribution < -0.4 is 5.32 Å². The minimum absolute atomic E-state index is 0.0562. The van der Waals surface area contributed by atoms with Gasteiger partial charge in [0.15, 0.2) is 0 Å². The van der Waals surface area contributed by atoms with Crippen molar-refractivity contribution < 1.29 is 9.90 Å². The summed E-state index contributed by atoms with van der Waals surface area (Å²) in [4.78, 5) is 16.3. The molecule has 2 rings (SSSR count). The molecule has 4 nitrogen and oxygen atoms in total. The van der Waals surface area contributed by atoms with E-state index in [1.807, 2.05) is 12.1 Å². The number of amides is 1. The number of hydrogen-bond donors (Lipinski definition) is 2. The largest absolute Gasteiger partial charge is 0.396 e. The van der Waals surface area contributed by atoms with Crippen molar-refractivity contribution in [2.45, 2.75) is 26.2 Å². The first kappa shape index (κ1) is 14.9. The Kier molecular flexibility index (Phi) is 5.49. The second-order valence-electron chi connectivity index (χ2n) is 4.91. The highest BCUT2D eigenvalue weighted by atomic mass is 32.1. The predicted molar refractivity (Wildman–Crippen MR) is 82.1 cm³/mol. The van der Waals surface area contributed by atoms with Crippen molar-refractivity contribution in [1.29, 1.82) is 0 Å². The van der Waals surface area contributed by atoms with Crippen LogP contribution in [0.3, 0.4) is 0 Å². The number of aliphatic hydroxyl groups is 1. The van der Waals surface area contributed by atoms with Gasteiger partial charge in [0.05, 0.1) is 15.7 Å². The number of nitrogens with zero attached hydrogens (tertiary/aromatic N) is 1. The zero-order valence-electron chi connectivity index (χ0n) is 11.6. The molecule has 0 fully saturated rings. The molecule has 0 spiro atoms. The van der Waals surface area contributed by atoms with Gasteiger partial charge in [-0.3, -0.25) is 4.79 Å².